The Kier molecular flexibility index (Phi) is 4.17. The molecule has 0 N–H and O–H groups in total. The van der Waals surface area contributed by atoms with Gasteiger partial charge < -0.3 is 4.74 Å². The van der Waals surface area contributed by atoms with Crippen LogP contribution < -0.4 is 10.3 Å². The van der Waals surface area contributed by atoms with Gasteiger partial charge in [-0.05, 0) is 44.2 Å². The van der Waals surface area contributed by atoms with E-state index in [9.17, 15) is 13.6 Å². The van der Waals surface area contributed by atoms with Crippen LogP contribution in [0, 0.1) is 0 Å². The van der Waals surface area contributed by atoms with Crippen molar-refractivity contribution in [2.45, 2.75) is 26.4 Å². The molecule has 2 rings (SSSR count). The summed E-state index contributed by atoms with van der Waals surface area (Å²) in [7, 11) is 0. The highest BCUT2D eigenvalue weighted by Crippen LogP contribution is 2.18. The van der Waals surface area contributed by atoms with E-state index in [1.54, 1.807) is 24.3 Å². The summed E-state index contributed by atoms with van der Waals surface area (Å²) < 4.78 is 31.8. The summed E-state index contributed by atoms with van der Waals surface area (Å²) in [6.07, 6.45) is -1.23. The molecule has 0 fully saturated rings. The Morgan fingerprint density at radius 1 is 1.10 bits per heavy atom. The molecule has 2 aromatic rings. The maximum absolute atomic E-state index is 12.5. The fourth-order valence-corrected chi connectivity index (χ4v) is 1.80. The lowest BCUT2D eigenvalue weighted by molar-refractivity contribution is 0.151. The van der Waals surface area contributed by atoms with Gasteiger partial charge in [0.25, 0.3) is 12.0 Å². The van der Waals surface area contributed by atoms with Crippen molar-refractivity contribution in [3.8, 4) is 11.4 Å². The van der Waals surface area contributed by atoms with Crippen molar-refractivity contribution in [3.05, 3.63) is 58.5 Å². The standard InChI is InChI=1S/C15H15F2NO2/c1-10(2)20-13-5-3-12(4-6-13)18-8-7-11(15(16)17)9-14(18)19/h3-10,15H,1-2H3. The topological polar surface area (TPSA) is 31.2 Å². The molecule has 0 radical (unpaired) electrons. The molecule has 0 saturated carbocycles. The van der Waals surface area contributed by atoms with Crippen LogP contribution in [0.25, 0.3) is 5.69 Å². The average molecular weight is 279 g/mol. The van der Waals surface area contributed by atoms with E-state index >= 15 is 0 Å². The van der Waals surface area contributed by atoms with Gasteiger partial charge in [-0.3, -0.25) is 9.36 Å². The van der Waals surface area contributed by atoms with E-state index in [0.29, 0.717) is 11.4 Å². The molecule has 0 aliphatic carbocycles. The van der Waals surface area contributed by atoms with Gasteiger partial charge in [-0.15, -0.1) is 0 Å². The van der Waals surface area contributed by atoms with Gasteiger partial charge in [0.05, 0.1) is 6.10 Å². The Labute approximate surface area is 115 Å². The van der Waals surface area contributed by atoms with Crippen LogP contribution in [-0.2, 0) is 0 Å². The van der Waals surface area contributed by atoms with Crippen molar-refractivity contribution in [2.75, 3.05) is 0 Å². The molecule has 0 atom stereocenters. The molecule has 0 aliphatic heterocycles. The molecular weight excluding hydrogens is 264 g/mol. The van der Waals surface area contributed by atoms with Crippen LogP contribution in [0.2, 0.25) is 0 Å². The predicted octanol–water partition coefficient (Wildman–Crippen LogP) is 3.56. The van der Waals surface area contributed by atoms with Crippen LogP contribution in [0.5, 0.6) is 5.75 Å². The van der Waals surface area contributed by atoms with Gasteiger partial charge in [-0.25, -0.2) is 8.78 Å². The number of benzene rings is 1. The van der Waals surface area contributed by atoms with E-state index in [0.717, 1.165) is 6.07 Å². The fraction of sp³-hybridized carbons (Fsp3) is 0.267. The number of aromatic nitrogens is 1. The number of hydrogen-bond acceptors (Lipinski definition) is 2. The van der Waals surface area contributed by atoms with E-state index in [1.165, 1.54) is 16.8 Å². The van der Waals surface area contributed by atoms with Gasteiger partial charge >= 0.3 is 0 Å². The number of halogens is 2. The molecule has 5 heteroatoms. The number of rotatable bonds is 4. The summed E-state index contributed by atoms with van der Waals surface area (Å²) >= 11 is 0. The molecule has 1 aromatic carbocycles. The van der Waals surface area contributed by atoms with Crippen molar-refractivity contribution in [1.29, 1.82) is 0 Å². The minimum atomic E-state index is -2.64. The van der Waals surface area contributed by atoms with Gasteiger partial charge in [0.2, 0.25) is 0 Å². The maximum Gasteiger partial charge on any atom is 0.264 e. The molecule has 0 spiro atoms. The highest BCUT2D eigenvalue weighted by Gasteiger charge is 2.09. The summed E-state index contributed by atoms with van der Waals surface area (Å²) in [5, 5.41) is 0. The lowest BCUT2D eigenvalue weighted by atomic mass is 10.2. The van der Waals surface area contributed by atoms with Gasteiger partial charge in [0, 0.05) is 23.5 Å². The Hall–Kier alpha value is -2.17. The third kappa shape index (κ3) is 3.23. The second-order valence-electron chi connectivity index (χ2n) is 4.63. The number of alkyl halides is 2. The first-order valence-corrected chi connectivity index (χ1v) is 6.25. The van der Waals surface area contributed by atoms with Crippen LogP contribution in [0.4, 0.5) is 8.78 Å². The highest BCUT2D eigenvalue weighted by molar-refractivity contribution is 5.38. The normalized spacial score (nSPS) is 11.1. The third-order valence-corrected chi connectivity index (χ3v) is 2.68. The molecule has 106 valence electrons. The first-order valence-electron chi connectivity index (χ1n) is 6.25. The van der Waals surface area contributed by atoms with Crippen LogP contribution in [-0.4, -0.2) is 10.7 Å². The van der Waals surface area contributed by atoms with Gasteiger partial charge in [0.15, 0.2) is 0 Å². The van der Waals surface area contributed by atoms with Crippen molar-refractivity contribution in [1.82, 2.24) is 4.57 Å². The number of pyridine rings is 1. The largest absolute Gasteiger partial charge is 0.491 e. The molecular formula is C15H15F2NO2. The molecule has 20 heavy (non-hydrogen) atoms. The summed E-state index contributed by atoms with van der Waals surface area (Å²) in [6.45, 7) is 3.84. The summed E-state index contributed by atoms with van der Waals surface area (Å²) in [5.41, 5.74) is -0.154. The Bertz CT molecular complexity index is 633. The minimum absolute atomic E-state index is 0.0638. The molecule has 0 unspecified atom stereocenters. The first-order chi connectivity index (χ1) is 9.47. The Morgan fingerprint density at radius 2 is 1.75 bits per heavy atom. The van der Waals surface area contributed by atoms with Gasteiger partial charge in [-0.1, -0.05) is 0 Å². The zero-order valence-corrected chi connectivity index (χ0v) is 11.2. The van der Waals surface area contributed by atoms with Crippen LogP contribution in [0.15, 0.2) is 47.4 Å². The molecule has 3 nitrogen and oxygen atoms in total. The molecule has 0 saturated heterocycles. The van der Waals surface area contributed by atoms with E-state index in [2.05, 4.69) is 0 Å². The first kappa shape index (κ1) is 14.2. The highest BCUT2D eigenvalue weighted by atomic mass is 19.3. The number of ether oxygens (including phenoxy) is 1. The van der Waals surface area contributed by atoms with Crippen molar-refractivity contribution >= 4 is 0 Å². The van der Waals surface area contributed by atoms with Crippen molar-refractivity contribution in [3.63, 3.8) is 0 Å². The zero-order valence-electron chi connectivity index (χ0n) is 11.2. The summed E-state index contributed by atoms with van der Waals surface area (Å²) in [4.78, 5) is 11.8. The third-order valence-electron chi connectivity index (χ3n) is 2.68. The zero-order chi connectivity index (χ0) is 14.7. The number of nitrogens with zero attached hydrogens (tertiary/aromatic N) is 1. The summed E-state index contributed by atoms with van der Waals surface area (Å²) in [5.74, 6) is 0.695. The maximum atomic E-state index is 12.5. The van der Waals surface area contributed by atoms with Crippen molar-refractivity contribution in [2.24, 2.45) is 0 Å². The summed E-state index contributed by atoms with van der Waals surface area (Å²) in [6, 6.07) is 9.09. The molecule has 1 aromatic heterocycles. The SMILES string of the molecule is CC(C)Oc1ccc(-n2ccc(C(F)F)cc2=O)cc1. The second kappa shape index (κ2) is 5.86. The lowest BCUT2D eigenvalue weighted by Crippen LogP contribution is -2.17. The van der Waals surface area contributed by atoms with E-state index in [1.807, 2.05) is 13.8 Å². The lowest BCUT2D eigenvalue weighted by Gasteiger charge is -2.11. The quantitative estimate of drug-likeness (QED) is 0.856. The van der Waals surface area contributed by atoms with E-state index in [4.69, 9.17) is 4.74 Å². The monoisotopic (exact) mass is 279 g/mol. The molecule has 0 aliphatic rings. The Balaban J connectivity index is 2.30. The molecule has 0 bridgehead atoms. The molecule has 1 heterocycles. The smallest absolute Gasteiger partial charge is 0.264 e. The van der Waals surface area contributed by atoms with E-state index in [-0.39, 0.29) is 11.7 Å². The van der Waals surface area contributed by atoms with Crippen LogP contribution in [0.3, 0.4) is 0 Å². The van der Waals surface area contributed by atoms with Gasteiger partial charge in [-0.2, -0.15) is 0 Å². The minimum Gasteiger partial charge on any atom is -0.491 e. The van der Waals surface area contributed by atoms with Gasteiger partial charge in [0.1, 0.15) is 5.75 Å². The fourth-order valence-electron chi connectivity index (χ4n) is 1.80. The Morgan fingerprint density at radius 3 is 2.25 bits per heavy atom. The second-order valence-corrected chi connectivity index (χ2v) is 4.63. The molecule has 0 amide bonds. The van der Waals surface area contributed by atoms with Crippen LogP contribution in [0.1, 0.15) is 25.8 Å². The number of hydrogen-bond donors (Lipinski definition) is 0. The van der Waals surface area contributed by atoms with Crippen molar-refractivity contribution < 1.29 is 13.5 Å². The van der Waals surface area contributed by atoms with E-state index < -0.39 is 12.0 Å². The average Bonchev–Trinajstić information content (AvgIpc) is 2.39. The van der Waals surface area contributed by atoms with Crippen LogP contribution >= 0.6 is 0 Å². The predicted molar refractivity (Wildman–Crippen MR) is 72.8 cm³/mol.